The molecule has 0 aliphatic heterocycles. The lowest BCUT2D eigenvalue weighted by Gasteiger charge is -2.22. The second-order valence-electron chi connectivity index (χ2n) is 5.89. The highest BCUT2D eigenvalue weighted by atomic mass is 19.4. The lowest BCUT2D eigenvalue weighted by Crippen LogP contribution is -2.20. The first-order valence-electron chi connectivity index (χ1n) is 6.93. The molecule has 2 fully saturated rings. The van der Waals surface area contributed by atoms with Crippen LogP contribution in [0.4, 0.5) is 18.9 Å². The molecule has 1 aromatic carbocycles. The summed E-state index contributed by atoms with van der Waals surface area (Å²) >= 11 is 0. The van der Waals surface area contributed by atoms with Gasteiger partial charge < -0.3 is 5.32 Å². The summed E-state index contributed by atoms with van der Waals surface area (Å²) in [5.74, 6) is 2.46. The van der Waals surface area contributed by atoms with E-state index >= 15 is 0 Å². The van der Waals surface area contributed by atoms with Crippen LogP contribution < -0.4 is 5.32 Å². The van der Waals surface area contributed by atoms with Gasteiger partial charge in [-0.15, -0.1) is 0 Å². The maximum atomic E-state index is 12.4. The van der Waals surface area contributed by atoms with E-state index in [1.807, 2.05) is 0 Å². The van der Waals surface area contributed by atoms with Crippen molar-refractivity contribution >= 4 is 5.69 Å². The molecule has 0 aromatic heterocycles. The molecule has 2 aliphatic rings. The average Bonchev–Trinajstić information content (AvgIpc) is 2.98. The van der Waals surface area contributed by atoms with E-state index in [2.05, 4.69) is 5.32 Å². The van der Waals surface area contributed by atoms with Crippen molar-refractivity contribution in [3.05, 3.63) is 29.8 Å². The first-order valence-corrected chi connectivity index (χ1v) is 6.93. The number of benzene rings is 1. The molecule has 0 spiro atoms. The van der Waals surface area contributed by atoms with Crippen molar-refractivity contribution in [3.8, 4) is 0 Å². The maximum Gasteiger partial charge on any atom is 0.416 e. The fourth-order valence-electron chi connectivity index (χ4n) is 3.65. The molecule has 3 rings (SSSR count). The molecule has 0 saturated heterocycles. The minimum Gasteiger partial charge on any atom is -0.385 e. The van der Waals surface area contributed by atoms with Crippen LogP contribution in [-0.4, -0.2) is 6.54 Å². The summed E-state index contributed by atoms with van der Waals surface area (Å²) in [5, 5.41) is 3.28. The van der Waals surface area contributed by atoms with Gasteiger partial charge in [-0.25, -0.2) is 0 Å². The third-order valence-corrected chi connectivity index (χ3v) is 4.67. The van der Waals surface area contributed by atoms with Crippen LogP contribution in [0.1, 0.15) is 31.2 Å². The summed E-state index contributed by atoms with van der Waals surface area (Å²) in [7, 11) is 0. The van der Waals surface area contributed by atoms with Gasteiger partial charge >= 0.3 is 6.18 Å². The van der Waals surface area contributed by atoms with Gasteiger partial charge in [0.1, 0.15) is 0 Å². The van der Waals surface area contributed by atoms with Crippen molar-refractivity contribution in [2.45, 2.75) is 31.9 Å². The lowest BCUT2D eigenvalue weighted by molar-refractivity contribution is -0.137. The van der Waals surface area contributed by atoms with Gasteiger partial charge in [0.2, 0.25) is 0 Å². The first-order chi connectivity index (χ1) is 9.02. The van der Waals surface area contributed by atoms with Crippen LogP contribution in [0.25, 0.3) is 0 Å². The third kappa shape index (κ3) is 2.72. The predicted octanol–water partition coefficient (Wildman–Crippen LogP) is 4.55. The summed E-state index contributed by atoms with van der Waals surface area (Å²) in [5.41, 5.74) is 0.203. The van der Waals surface area contributed by atoms with Crippen LogP contribution in [0, 0.1) is 17.8 Å². The fraction of sp³-hybridized carbons (Fsp3) is 0.600. The van der Waals surface area contributed by atoms with Crippen molar-refractivity contribution in [1.29, 1.82) is 0 Å². The zero-order chi connectivity index (χ0) is 13.5. The molecule has 1 N–H and O–H groups in total. The zero-order valence-corrected chi connectivity index (χ0v) is 10.7. The van der Waals surface area contributed by atoms with E-state index in [9.17, 15) is 13.2 Å². The highest BCUT2D eigenvalue weighted by Gasteiger charge is 2.39. The summed E-state index contributed by atoms with van der Waals surface area (Å²) in [6, 6.07) is 5.33. The number of halogens is 3. The summed E-state index contributed by atoms with van der Waals surface area (Å²) in [6.07, 6.45) is 1.12. The van der Waals surface area contributed by atoms with Gasteiger partial charge in [0.25, 0.3) is 0 Å². The lowest BCUT2D eigenvalue weighted by atomic mass is 9.89. The summed E-state index contributed by atoms with van der Waals surface area (Å²) in [6.45, 7) is 0.895. The van der Waals surface area contributed by atoms with E-state index in [4.69, 9.17) is 0 Å². The molecule has 0 amide bonds. The van der Waals surface area contributed by atoms with E-state index in [-0.39, 0.29) is 0 Å². The Morgan fingerprint density at radius 3 is 2.32 bits per heavy atom. The van der Waals surface area contributed by atoms with Gasteiger partial charge in [-0.1, -0.05) is 6.42 Å². The highest BCUT2D eigenvalue weighted by Crippen LogP contribution is 2.48. The van der Waals surface area contributed by atoms with E-state index < -0.39 is 11.7 Å². The molecule has 0 radical (unpaired) electrons. The van der Waals surface area contributed by atoms with Crippen molar-refractivity contribution in [2.24, 2.45) is 17.8 Å². The Kier molecular flexibility index (Phi) is 3.19. The Morgan fingerprint density at radius 2 is 1.79 bits per heavy atom. The topological polar surface area (TPSA) is 12.0 Å². The first kappa shape index (κ1) is 12.8. The van der Waals surface area contributed by atoms with Crippen molar-refractivity contribution in [3.63, 3.8) is 0 Å². The van der Waals surface area contributed by atoms with E-state index in [1.165, 1.54) is 37.8 Å². The van der Waals surface area contributed by atoms with E-state index in [0.717, 1.165) is 36.2 Å². The number of nitrogens with one attached hydrogen (secondary N) is 1. The quantitative estimate of drug-likeness (QED) is 0.848. The van der Waals surface area contributed by atoms with Crippen LogP contribution in [-0.2, 0) is 6.18 Å². The molecule has 19 heavy (non-hydrogen) atoms. The van der Waals surface area contributed by atoms with Crippen LogP contribution >= 0.6 is 0 Å². The molecule has 4 heteroatoms. The van der Waals surface area contributed by atoms with Gasteiger partial charge in [-0.05, 0) is 61.3 Å². The summed E-state index contributed by atoms with van der Waals surface area (Å²) < 4.78 is 37.3. The second kappa shape index (κ2) is 4.73. The monoisotopic (exact) mass is 269 g/mol. The molecular formula is C15H18F3N. The smallest absolute Gasteiger partial charge is 0.385 e. The number of alkyl halides is 3. The number of anilines is 1. The Morgan fingerprint density at radius 1 is 1.05 bits per heavy atom. The molecule has 1 aromatic rings. The van der Waals surface area contributed by atoms with Gasteiger partial charge in [0.15, 0.2) is 0 Å². The average molecular weight is 269 g/mol. The minimum atomic E-state index is -4.25. The van der Waals surface area contributed by atoms with Gasteiger partial charge in [0.05, 0.1) is 5.56 Å². The second-order valence-corrected chi connectivity index (χ2v) is 5.89. The molecule has 104 valence electrons. The van der Waals surface area contributed by atoms with Crippen LogP contribution in [0.3, 0.4) is 0 Å². The SMILES string of the molecule is FC(F)(F)c1ccc(NCC2CC3CCC2C3)cc1. The molecule has 2 saturated carbocycles. The van der Waals surface area contributed by atoms with Crippen LogP contribution in [0.2, 0.25) is 0 Å². The number of fused-ring (bicyclic) bond motifs is 2. The largest absolute Gasteiger partial charge is 0.416 e. The minimum absolute atomic E-state index is 0.585. The van der Waals surface area contributed by atoms with E-state index in [1.54, 1.807) is 0 Å². The van der Waals surface area contributed by atoms with Crippen LogP contribution in [0.15, 0.2) is 24.3 Å². The van der Waals surface area contributed by atoms with Gasteiger partial charge in [-0.3, -0.25) is 0 Å². The summed E-state index contributed by atoms with van der Waals surface area (Å²) in [4.78, 5) is 0. The molecule has 3 atom stereocenters. The fourth-order valence-corrected chi connectivity index (χ4v) is 3.65. The third-order valence-electron chi connectivity index (χ3n) is 4.67. The van der Waals surface area contributed by atoms with Crippen molar-refractivity contribution < 1.29 is 13.2 Å². The zero-order valence-electron chi connectivity index (χ0n) is 10.7. The Bertz CT molecular complexity index is 438. The standard InChI is InChI=1S/C15H18F3N/c16-15(17,18)13-3-5-14(6-4-13)19-9-12-8-10-1-2-11(12)7-10/h3-6,10-12,19H,1-2,7-9H2. The molecule has 2 aliphatic carbocycles. The van der Waals surface area contributed by atoms with Gasteiger partial charge in [-0.2, -0.15) is 13.2 Å². The Balaban J connectivity index is 1.56. The normalized spacial score (nSPS) is 29.7. The molecule has 0 heterocycles. The predicted molar refractivity (Wildman–Crippen MR) is 68.9 cm³/mol. The van der Waals surface area contributed by atoms with Crippen molar-refractivity contribution in [1.82, 2.24) is 0 Å². The highest BCUT2D eigenvalue weighted by molar-refractivity contribution is 5.45. The molecular weight excluding hydrogens is 251 g/mol. The van der Waals surface area contributed by atoms with Gasteiger partial charge in [0, 0.05) is 12.2 Å². The van der Waals surface area contributed by atoms with Crippen molar-refractivity contribution in [2.75, 3.05) is 11.9 Å². The molecule has 1 nitrogen and oxygen atoms in total. The Hall–Kier alpha value is -1.19. The molecule has 3 unspecified atom stereocenters. The number of hydrogen-bond donors (Lipinski definition) is 1. The van der Waals surface area contributed by atoms with Crippen LogP contribution in [0.5, 0.6) is 0 Å². The molecule has 2 bridgehead atoms. The maximum absolute atomic E-state index is 12.4. The van der Waals surface area contributed by atoms with E-state index in [0.29, 0.717) is 5.92 Å². The Labute approximate surface area is 111 Å². The number of rotatable bonds is 3. The number of hydrogen-bond acceptors (Lipinski definition) is 1.